The van der Waals surface area contributed by atoms with Gasteiger partial charge in [-0.1, -0.05) is 27.5 Å². The zero-order valence-corrected chi connectivity index (χ0v) is 14.3. The van der Waals surface area contributed by atoms with Crippen molar-refractivity contribution in [2.45, 2.75) is 10.6 Å². The predicted octanol–water partition coefficient (Wildman–Crippen LogP) is 3.67. The molecule has 0 aliphatic rings. The van der Waals surface area contributed by atoms with Gasteiger partial charge in [0, 0.05) is 10.0 Å². The summed E-state index contributed by atoms with van der Waals surface area (Å²) in [5.74, 6) is 0.332. The van der Waals surface area contributed by atoms with E-state index in [2.05, 4.69) is 15.9 Å². The number of rotatable bonds is 4. The van der Waals surface area contributed by atoms with Crippen molar-refractivity contribution in [2.24, 2.45) is 0 Å². The lowest BCUT2D eigenvalue weighted by atomic mass is 10.2. The van der Waals surface area contributed by atoms with Crippen molar-refractivity contribution in [2.75, 3.05) is 12.8 Å². The van der Waals surface area contributed by atoms with E-state index >= 15 is 0 Å². The third-order valence-corrected chi connectivity index (χ3v) is 5.40. The summed E-state index contributed by atoms with van der Waals surface area (Å²) >= 11 is 9.21. The first-order valence-electron chi connectivity index (χ1n) is 5.93. The lowest BCUT2D eigenvalue weighted by molar-refractivity contribution is 0.411. The van der Waals surface area contributed by atoms with Gasteiger partial charge in [0.1, 0.15) is 5.75 Å². The Morgan fingerprint density at radius 2 is 1.95 bits per heavy atom. The van der Waals surface area contributed by atoms with Crippen molar-refractivity contribution in [1.82, 2.24) is 0 Å². The molecule has 2 N–H and O–H groups in total. The van der Waals surface area contributed by atoms with Gasteiger partial charge in [-0.2, -0.15) is 0 Å². The zero-order valence-electron chi connectivity index (χ0n) is 11.1. The molecule has 2 aromatic carbocycles. The maximum Gasteiger partial charge on any atom is 0.182 e. The lowest BCUT2D eigenvalue weighted by Gasteiger charge is -2.10. The van der Waals surface area contributed by atoms with Gasteiger partial charge < -0.3 is 10.5 Å². The summed E-state index contributed by atoms with van der Waals surface area (Å²) < 4.78 is 30.9. The molecule has 0 amide bonds. The van der Waals surface area contributed by atoms with Crippen LogP contribution in [0.2, 0.25) is 5.02 Å². The number of hydrogen-bond acceptors (Lipinski definition) is 4. The quantitative estimate of drug-likeness (QED) is 0.809. The van der Waals surface area contributed by atoms with Gasteiger partial charge in [-0.25, -0.2) is 8.42 Å². The fourth-order valence-corrected chi connectivity index (χ4v) is 3.88. The summed E-state index contributed by atoms with van der Waals surface area (Å²) in [5.41, 5.74) is 6.51. The third kappa shape index (κ3) is 3.70. The average molecular weight is 391 g/mol. The van der Waals surface area contributed by atoms with Crippen LogP contribution >= 0.6 is 27.5 Å². The summed E-state index contributed by atoms with van der Waals surface area (Å²) in [5, 5.41) is 0.220. The van der Waals surface area contributed by atoms with Crippen LogP contribution < -0.4 is 10.5 Å². The molecule has 0 unspecified atom stereocenters. The Hall–Kier alpha value is -1.24. The molecule has 2 rings (SSSR count). The van der Waals surface area contributed by atoms with Crippen molar-refractivity contribution >= 4 is 43.1 Å². The number of sulfone groups is 1. The highest BCUT2D eigenvalue weighted by molar-refractivity contribution is 9.10. The molecule has 2 aromatic rings. The summed E-state index contributed by atoms with van der Waals surface area (Å²) in [6.07, 6.45) is 0. The lowest BCUT2D eigenvalue weighted by Crippen LogP contribution is -2.06. The van der Waals surface area contributed by atoms with Crippen molar-refractivity contribution < 1.29 is 13.2 Å². The van der Waals surface area contributed by atoms with Crippen molar-refractivity contribution in [3.05, 3.63) is 51.5 Å². The number of nitrogens with two attached hydrogens (primary N) is 1. The third-order valence-electron chi connectivity index (χ3n) is 2.92. The van der Waals surface area contributed by atoms with Crippen molar-refractivity contribution in [1.29, 1.82) is 0 Å². The largest absolute Gasteiger partial charge is 0.496 e. The molecule has 112 valence electrons. The van der Waals surface area contributed by atoms with Crippen LogP contribution in [0.4, 0.5) is 5.69 Å². The molecular formula is C14H13BrClNO3S. The molecule has 0 aliphatic heterocycles. The van der Waals surface area contributed by atoms with Crippen molar-refractivity contribution in [3.8, 4) is 5.75 Å². The standard InChI is InChI=1S/C14H13BrClNO3S/c1-20-14-5-2-10(15)6-9(14)8-21(18,19)11-3-4-13(17)12(16)7-11/h2-7H,8,17H2,1H3. The van der Waals surface area contributed by atoms with Crippen LogP contribution in [0.3, 0.4) is 0 Å². The number of benzene rings is 2. The van der Waals surface area contributed by atoms with Gasteiger partial charge in [-0.15, -0.1) is 0 Å². The fraction of sp³-hybridized carbons (Fsp3) is 0.143. The highest BCUT2D eigenvalue weighted by Gasteiger charge is 2.19. The average Bonchev–Trinajstić information content (AvgIpc) is 2.41. The Morgan fingerprint density at radius 3 is 2.57 bits per heavy atom. The summed E-state index contributed by atoms with van der Waals surface area (Å²) in [4.78, 5) is 0.128. The number of anilines is 1. The molecule has 0 aliphatic carbocycles. The molecule has 4 nitrogen and oxygen atoms in total. The van der Waals surface area contributed by atoms with E-state index in [1.54, 1.807) is 18.2 Å². The second kappa shape index (κ2) is 6.25. The first kappa shape index (κ1) is 16.1. The number of methoxy groups -OCH3 is 1. The second-order valence-corrected chi connectivity index (χ2v) is 7.71. The SMILES string of the molecule is COc1ccc(Br)cc1CS(=O)(=O)c1ccc(N)c(Cl)c1. The molecule has 0 radical (unpaired) electrons. The minimum atomic E-state index is -3.54. The van der Waals surface area contributed by atoms with Gasteiger partial charge in [0.05, 0.1) is 28.5 Å². The van der Waals surface area contributed by atoms with Gasteiger partial charge in [-0.05, 0) is 36.4 Å². The van der Waals surface area contributed by atoms with E-state index in [1.807, 2.05) is 0 Å². The summed E-state index contributed by atoms with van der Waals surface area (Å²) in [6, 6.07) is 9.50. The highest BCUT2D eigenvalue weighted by Crippen LogP contribution is 2.29. The van der Waals surface area contributed by atoms with Crippen LogP contribution in [-0.4, -0.2) is 15.5 Å². The van der Waals surface area contributed by atoms with Gasteiger partial charge >= 0.3 is 0 Å². The number of hydrogen-bond donors (Lipinski definition) is 1. The Bertz CT molecular complexity index is 778. The minimum absolute atomic E-state index is 0.128. The number of halogens is 2. The molecule has 0 saturated carbocycles. The first-order chi connectivity index (χ1) is 9.83. The van der Waals surface area contributed by atoms with E-state index in [0.29, 0.717) is 17.0 Å². The van der Waals surface area contributed by atoms with Crippen LogP contribution in [0.15, 0.2) is 45.8 Å². The molecular weight excluding hydrogens is 378 g/mol. The number of nitrogen functional groups attached to an aromatic ring is 1. The molecule has 7 heteroatoms. The monoisotopic (exact) mass is 389 g/mol. The molecule has 21 heavy (non-hydrogen) atoms. The predicted molar refractivity (Wildman–Crippen MR) is 87.4 cm³/mol. The van der Waals surface area contributed by atoms with Gasteiger partial charge in [0.2, 0.25) is 0 Å². The van der Waals surface area contributed by atoms with E-state index in [1.165, 1.54) is 25.3 Å². The topological polar surface area (TPSA) is 69.4 Å². The Kier molecular flexibility index (Phi) is 4.81. The number of ether oxygens (including phenoxy) is 1. The Balaban J connectivity index is 2.41. The van der Waals surface area contributed by atoms with Crippen LogP contribution in [0.1, 0.15) is 5.56 Å². The molecule has 0 atom stereocenters. The Morgan fingerprint density at radius 1 is 1.24 bits per heavy atom. The smallest absolute Gasteiger partial charge is 0.182 e. The van der Waals surface area contributed by atoms with Gasteiger partial charge in [0.15, 0.2) is 9.84 Å². The van der Waals surface area contributed by atoms with Crippen LogP contribution in [0, 0.1) is 0 Å². The fourth-order valence-electron chi connectivity index (χ4n) is 1.85. The van der Waals surface area contributed by atoms with Crippen LogP contribution in [-0.2, 0) is 15.6 Å². The summed E-state index contributed by atoms with van der Waals surface area (Å²) in [7, 11) is -2.04. The van der Waals surface area contributed by atoms with Gasteiger partial charge in [0.25, 0.3) is 0 Å². The first-order valence-corrected chi connectivity index (χ1v) is 8.76. The van der Waals surface area contributed by atoms with Gasteiger partial charge in [-0.3, -0.25) is 0 Å². The van der Waals surface area contributed by atoms with E-state index < -0.39 is 9.84 Å². The van der Waals surface area contributed by atoms with E-state index in [-0.39, 0.29) is 15.7 Å². The molecule has 0 aromatic heterocycles. The molecule has 0 saturated heterocycles. The van der Waals surface area contributed by atoms with Crippen molar-refractivity contribution in [3.63, 3.8) is 0 Å². The Labute approximate surface area is 136 Å². The molecule has 0 heterocycles. The van der Waals surface area contributed by atoms with E-state index in [4.69, 9.17) is 22.1 Å². The molecule has 0 bridgehead atoms. The summed E-state index contributed by atoms with van der Waals surface area (Å²) in [6.45, 7) is 0. The maximum absolute atomic E-state index is 12.5. The maximum atomic E-state index is 12.5. The van der Waals surface area contributed by atoms with Crippen LogP contribution in [0.5, 0.6) is 5.75 Å². The highest BCUT2D eigenvalue weighted by atomic mass is 79.9. The second-order valence-electron chi connectivity index (χ2n) is 4.40. The molecule has 0 fully saturated rings. The van der Waals surface area contributed by atoms with Crippen LogP contribution in [0.25, 0.3) is 0 Å². The zero-order chi connectivity index (χ0) is 15.6. The van der Waals surface area contributed by atoms with E-state index in [0.717, 1.165) is 4.47 Å². The minimum Gasteiger partial charge on any atom is -0.496 e. The van der Waals surface area contributed by atoms with E-state index in [9.17, 15) is 8.42 Å². The molecule has 0 spiro atoms. The normalized spacial score (nSPS) is 11.4.